The molecule has 0 fully saturated rings. The van der Waals surface area contributed by atoms with Crippen molar-refractivity contribution in [1.82, 2.24) is 14.8 Å². The third-order valence-corrected chi connectivity index (χ3v) is 7.62. The molecule has 4 heterocycles. The van der Waals surface area contributed by atoms with E-state index in [4.69, 9.17) is 21.8 Å². The zero-order valence-electron chi connectivity index (χ0n) is 21.4. The Hall–Kier alpha value is -4.51. The number of thiophene rings is 1. The predicted octanol–water partition coefficient (Wildman–Crippen LogP) is 7.84. The van der Waals surface area contributed by atoms with Crippen LogP contribution in [-0.2, 0) is 12.7 Å². The van der Waals surface area contributed by atoms with Gasteiger partial charge in [-0.25, -0.2) is 26.9 Å². The highest BCUT2D eigenvalue weighted by Gasteiger charge is 2.35. The van der Waals surface area contributed by atoms with Crippen LogP contribution in [0.1, 0.15) is 55.9 Å². The Morgan fingerprint density at radius 2 is 1.75 bits per heavy atom. The van der Waals surface area contributed by atoms with Crippen molar-refractivity contribution in [1.29, 1.82) is 0 Å². The lowest BCUT2D eigenvalue weighted by Gasteiger charge is -2.12. The van der Waals surface area contributed by atoms with Gasteiger partial charge in [0.05, 0.1) is 17.3 Å². The summed E-state index contributed by atoms with van der Waals surface area (Å²) >= 11 is 6.11. The smallest absolute Gasteiger partial charge is 0.433 e. The average Bonchev–Trinajstić information content (AvgIpc) is 3.64. The van der Waals surface area contributed by atoms with Gasteiger partial charge in [-0.05, 0) is 41.5 Å². The molecule has 230 valence electrons. The summed E-state index contributed by atoms with van der Waals surface area (Å²) in [5, 5.41) is 4.73. The molecule has 0 spiro atoms. The molecule has 8 nitrogen and oxygen atoms in total. The number of benzene rings is 1. The van der Waals surface area contributed by atoms with Crippen LogP contribution in [0.15, 0.2) is 46.9 Å². The fraction of sp³-hybridized carbons (Fsp3) is 0.154. The molecule has 0 saturated heterocycles. The van der Waals surface area contributed by atoms with Gasteiger partial charge in [-0.3, -0.25) is 14.3 Å². The summed E-state index contributed by atoms with van der Waals surface area (Å²) in [4.78, 5) is 28.3. The lowest BCUT2D eigenvalue weighted by molar-refractivity contribution is -0.140. The second-order valence-corrected chi connectivity index (χ2v) is 10.4. The predicted molar refractivity (Wildman–Crippen MR) is 141 cm³/mol. The fourth-order valence-electron chi connectivity index (χ4n) is 4.24. The second kappa shape index (κ2) is 11.5. The van der Waals surface area contributed by atoms with Crippen molar-refractivity contribution in [3.8, 4) is 11.1 Å². The summed E-state index contributed by atoms with van der Waals surface area (Å²) < 4.78 is 114. The number of aromatic nitrogens is 3. The van der Waals surface area contributed by atoms with Crippen molar-refractivity contribution in [3.05, 3.63) is 86.8 Å². The Balaban J connectivity index is 1.55. The number of halogens is 9. The zero-order valence-corrected chi connectivity index (χ0v) is 22.9. The number of nitrogens with two attached hydrogens (primary N) is 1. The first-order valence-electron chi connectivity index (χ1n) is 12.0. The molecular formula is C26H14ClF8N5O3S. The minimum atomic E-state index is -4.91. The van der Waals surface area contributed by atoms with Crippen LogP contribution in [0.4, 0.5) is 40.8 Å². The monoisotopic (exact) mass is 663 g/mol. The number of rotatable bonds is 8. The van der Waals surface area contributed by atoms with Crippen molar-refractivity contribution in [3.63, 3.8) is 0 Å². The molecular weight excluding hydrogens is 650 g/mol. The molecule has 0 atom stereocenters. The van der Waals surface area contributed by atoms with Crippen molar-refractivity contribution >= 4 is 50.7 Å². The van der Waals surface area contributed by atoms with E-state index in [-0.39, 0.29) is 37.7 Å². The molecule has 0 saturated carbocycles. The van der Waals surface area contributed by atoms with Crippen LogP contribution in [0.25, 0.3) is 21.3 Å². The van der Waals surface area contributed by atoms with Gasteiger partial charge >= 0.3 is 6.18 Å². The van der Waals surface area contributed by atoms with E-state index in [1.54, 1.807) is 0 Å². The Morgan fingerprint density at radius 1 is 1.07 bits per heavy atom. The Labute approximate surface area is 249 Å². The summed E-state index contributed by atoms with van der Waals surface area (Å²) in [5.41, 5.74) is 1.66. The zero-order chi connectivity index (χ0) is 32.1. The fourth-order valence-corrected chi connectivity index (χ4v) is 5.55. The minimum absolute atomic E-state index is 0.0878. The van der Waals surface area contributed by atoms with Crippen LogP contribution < -0.4 is 11.1 Å². The van der Waals surface area contributed by atoms with Crippen LogP contribution >= 0.6 is 22.9 Å². The van der Waals surface area contributed by atoms with Gasteiger partial charge in [0.25, 0.3) is 24.7 Å². The summed E-state index contributed by atoms with van der Waals surface area (Å²) in [6.07, 6.45) is -11.4. The van der Waals surface area contributed by atoms with Gasteiger partial charge in [0.15, 0.2) is 5.76 Å². The number of carbonyl (C=O) groups is 2. The number of hydrogen-bond donors (Lipinski definition) is 2. The molecule has 5 aromatic rings. The Morgan fingerprint density at radius 3 is 2.34 bits per heavy atom. The molecule has 3 N–H and O–H groups in total. The molecule has 2 amide bonds. The first kappa shape index (κ1) is 30.9. The van der Waals surface area contributed by atoms with Gasteiger partial charge in [0.1, 0.15) is 38.4 Å². The van der Waals surface area contributed by atoms with Crippen LogP contribution in [0.3, 0.4) is 0 Å². The Bertz CT molecular complexity index is 1900. The number of nitrogens with one attached hydrogen (secondary N) is 1. The molecule has 0 bridgehead atoms. The van der Waals surface area contributed by atoms with E-state index in [2.05, 4.69) is 15.4 Å². The van der Waals surface area contributed by atoms with E-state index in [1.807, 2.05) is 0 Å². The number of furan rings is 1. The highest BCUT2D eigenvalue weighted by molar-refractivity contribution is 7.21. The Kier molecular flexibility index (Phi) is 8.11. The number of pyridine rings is 1. The van der Waals surface area contributed by atoms with E-state index >= 15 is 0 Å². The highest BCUT2D eigenvalue weighted by atomic mass is 35.5. The van der Waals surface area contributed by atoms with Gasteiger partial charge < -0.3 is 15.5 Å². The quantitative estimate of drug-likeness (QED) is 0.164. The van der Waals surface area contributed by atoms with Crippen LogP contribution in [0.2, 0.25) is 5.02 Å². The third-order valence-electron chi connectivity index (χ3n) is 6.13. The van der Waals surface area contributed by atoms with Crippen molar-refractivity contribution in [2.45, 2.75) is 25.6 Å². The van der Waals surface area contributed by atoms with Gasteiger partial charge in [-0.1, -0.05) is 23.7 Å². The molecule has 0 aliphatic heterocycles. The van der Waals surface area contributed by atoms with Gasteiger partial charge in [-0.15, -0.1) is 11.3 Å². The molecule has 18 heteroatoms. The number of nitrogens with zero attached hydrogens (tertiary/aromatic N) is 3. The summed E-state index contributed by atoms with van der Waals surface area (Å²) in [7, 11) is 0. The molecule has 0 aliphatic rings. The number of amides is 2. The van der Waals surface area contributed by atoms with E-state index in [9.17, 15) is 44.7 Å². The van der Waals surface area contributed by atoms with Crippen LogP contribution in [-0.4, -0.2) is 26.6 Å². The van der Waals surface area contributed by atoms with Crippen LogP contribution in [0, 0.1) is 5.82 Å². The SMILES string of the molecule is NC(=O)c1sc2nc(C(F)(F)F)cc(-c3ccc(F)cc3)c2c1NC(=O)c1ccc(Cn2nc(C(F)F)c(Cl)c2C(F)F)o1. The maximum absolute atomic E-state index is 13.7. The number of hydrogen-bond acceptors (Lipinski definition) is 6. The maximum Gasteiger partial charge on any atom is 0.433 e. The highest BCUT2D eigenvalue weighted by Crippen LogP contribution is 2.44. The second-order valence-electron chi connectivity index (χ2n) is 8.97. The van der Waals surface area contributed by atoms with Gasteiger partial charge in [0, 0.05) is 5.39 Å². The van der Waals surface area contributed by atoms with E-state index in [0.717, 1.165) is 24.3 Å². The van der Waals surface area contributed by atoms with Crippen molar-refractivity contribution < 1.29 is 49.1 Å². The number of carbonyl (C=O) groups excluding carboxylic acids is 2. The normalized spacial score (nSPS) is 12.1. The first-order valence-corrected chi connectivity index (χ1v) is 13.2. The van der Waals surface area contributed by atoms with Gasteiger partial charge in [-0.2, -0.15) is 18.3 Å². The molecule has 4 aromatic heterocycles. The molecule has 0 aliphatic carbocycles. The molecule has 5 rings (SSSR count). The first-order chi connectivity index (χ1) is 20.6. The third kappa shape index (κ3) is 5.84. The standard InChI is InChI=1S/C26H14ClF8N5O3S/c27-16-18(21(29)30)39-40(19(16)22(31)32)8-11-5-6-13(43-11)24(42)38-17-15-12(9-1-3-10(28)4-2-9)7-14(26(33,34)35)37-25(15)44-20(17)23(36)41/h1-7,21-22H,8H2,(H2,36,41)(H,38,42). The lowest BCUT2D eigenvalue weighted by atomic mass is 10.0. The van der Waals surface area contributed by atoms with E-state index < -0.39 is 71.1 Å². The largest absolute Gasteiger partial charge is 0.454 e. The summed E-state index contributed by atoms with van der Waals surface area (Å²) in [6.45, 7) is -0.633. The maximum atomic E-state index is 13.7. The van der Waals surface area contributed by atoms with Crippen molar-refractivity contribution in [2.75, 3.05) is 5.32 Å². The summed E-state index contributed by atoms with van der Waals surface area (Å²) in [6, 6.07) is 7.27. The van der Waals surface area contributed by atoms with Gasteiger partial charge in [0.2, 0.25) is 0 Å². The number of fused-ring (bicyclic) bond motifs is 1. The minimum Gasteiger partial charge on any atom is -0.454 e. The molecule has 1 aromatic carbocycles. The van der Waals surface area contributed by atoms with Crippen molar-refractivity contribution in [2.24, 2.45) is 5.73 Å². The molecule has 0 unspecified atom stereocenters. The molecule has 0 radical (unpaired) electrons. The van der Waals surface area contributed by atoms with Crippen LogP contribution in [0.5, 0.6) is 0 Å². The number of alkyl halides is 7. The number of anilines is 1. The number of primary amides is 1. The molecule has 44 heavy (non-hydrogen) atoms. The topological polar surface area (TPSA) is 116 Å². The lowest BCUT2D eigenvalue weighted by Crippen LogP contribution is -2.16. The average molecular weight is 664 g/mol. The van der Waals surface area contributed by atoms with E-state index in [0.29, 0.717) is 22.1 Å². The summed E-state index contributed by atoms with van der Waals surface area (Å²) in [5.74, 6) is -3.50. The van der Waals surface area contributed by atoms with E-state index in [1.165, 1.54) is 12.1 Å².